The first-order chi connectivity index (χ1) is 11.9. The van der Waals surface area contributed by atoms with Crippen molar-refractivity contribution in [1.29, 1.82) is 0 Å². The molecule has 25 heavy (non-hydrogen) atoms. The number of hydrogen-bond donors (Lipinski definition) is 1. The zero-order valence-corrected chi connectivity index (χ0v) is 13.6. The lowest BCUT2D eigenvalue weighted by atomic mass is 10.2. The predicted molar refractivity (Wildman–Crippen MR) is 89.9 cm³/mol. The molecule has 130 valence electrons. The van der Waals surface area contributed by atoms with Crippen LogP contribution in [0.15, 0.2) is 48.8 Å². The number of ether oxygens (including phenoxy) is 1. The van der Waals surface area contributed by atoms with Gasteiger partial charge in [0.2, 0.25) is 5.88 Å². The van der Waals surface area contributed by atoms with Crippen LogP contribution in [0.1, 0.15) is 5.56 Å². The van der Waals surface area contributed by atoms with Crippen molar-refractivity contribution in [2.24, 2.45) is 0 Å². The average molecular weight is 368 g/mol. The van der Waals surface area contributed by atoms with E-state index in [9.17, 15) is 13.2 Å². The number of fused-ring (bicyclic) bond motifs is 1. The Labute approximate surface area is 146 Å². The number of halogens is 4. The van der Waals surface area contributed by atoms with Gasteiger partial charge >= 0.3 is 6.18 Å². The van der Waals surface area contributed by atoms with Crippen molar-refractivity contribution in [2.45, 2.75) is 12.7 Å². The summed E-state index contributed by atoms with van der Waals surface area (Å²) in [7, 11) is 0. The number of rotatable bonds is 5. The van der Waals surface area contributed by atoms with Crippen LogP contribution in [0.2, 0.25) is 5.02 Å². The van der Waals surface area contributed by atoms with Gasteiger partial charge in [-0.05, 0) is 29.8 Å². The lowest BCUT2D eigenvalue weighted by Crippen LogP contribution is -2.19. The Morgan fingerprint density at radius 3 is 2.64 bits per heavy atom. The van der Waals surface area contributed by atoms with Crippen molar-refractivity contribution in [3.8, 4) is 5.88 Å². The van der Waals surface area contributed by atoms with E-state index in [4.69, 9.17) is 11.6 Å². The highest BCUT2D eigenvalue weighted by atomic mass is 35.5. The largest absolute Gasteiger partial charge is 0.468 e. The standard InChI is InChI=1S/C17H13ClF3N3O/c18-12-2-3-13-14(5-6-22-15(13)7-12)23-8-11-1-4-16(24-9-11)25-10-17(19,20)21/h1-7,9H,8,10H2,(H,22,23). The van der Waals surface area contributed by atoms with Crippen LogP contribution in [0.25, 0.3) is 10.9 Å². The summed E-state index contributed by atoms with van der Waals surface area (Å²) in [5.41, 5.74) is 2.45. The van der Waals surface area contributed by atoms with Crippen LogP contribution < -0.4 is 10.1 Å². The molecule has 3 aromatic rings. The first-order valence-corrected chi connectivity index (χ1v) is 7.71. The van der Waals surface area contributed by atoms with Crippen LogP contribution in [0.5, 0.6) is 5.88 Å². The van der Waals surface area contributed by atoms with E-state index in [0.717, 1.165) is 22.2 Å². The zero-order valence-electron chi connectivity index (χ0n) is 12.8. The topological polar surface area (TPSA) is 47.0 Å². The summed E-state index contributed by atoms with van der Waals surface area (Å²) < 4.78 is 40.9. The second-order valence-electron chi connectivity index (χ2n) is 5.28. The third-order valence-corrected chi connectivity index (χ3v) is 3.60. The van der Waals surface area contributed by atoms with Gasteiger partial charge in [0.1, 0.15) is 0 Å². The summed E-state index contributed by atoms with van der Waals surface area (Å²) in [5.74, 6) is -0.0647. The van der Waals surface area contributed by atoms with Crippen molar-refractivity contribution >= 4 is 28.2 Å². The van der Waals surface area contributed by atoms with Crippen LogP contribution in [0, 0.1) is 0 Å². The van der Waals surface area contributed by atoms with Crippen molar-refractivity contribution in [3.05, 3.63) is 59.4 Å². The SMILES string of the molecule is FC(F)(F)COc1ccc(CNc2ccnc3cc(Cl)ccc23)cn1. The van der Waals surface area contributed by atoms with Crippen molar-refractivity contribution in [1.82, 2.24) is 9.97 Å². The molecule has 2 aromatic heterocycles. The molecule has 0 aliphatic carbocycles. The first-order valence-electron chi connectivity index (χ1n) is 7.33. The highest BCUT2D eigenvalue weighted by Crippen LogP contribution is 2.25. The Morgan fingerprint density at radius 1 is 1.08 bits per heavy atom. The van der Waals surface area contributed by atoms with E-state index >= 15 is 0 Å². The van der Waals surface area contributed by atoms with Crippen LogP contribution in [0.3, 0.4) is 0 Å². The van der Waals surface area contributed by atoms with E-state index in [2.05, 4.69) is 20.0 Å². The van der Waals surface area contributed by atoms with Gasteiger partial charge in [-0.15, -0.1) is 0 Å². The number of hydrogen-bond acceptors (Lipinski definition) is 4. The lowest BCUT2D eigenvalue weighted by molar-refractivity contribution is -0.154. The molecular weight excluding hydrogens is 355 g/mol. The Hall–Kier alpha value is -2.54. The van der Waals surface area contributed by atoms with Crippen molar-refractivity contribution in [2.75, 3.05) is 11.9 Å². The number of benzene rings is 1. The van der Waals surface area contributed by atoms with Crippen molar-refractivity contribution in [3.63, 3.8) is 0 Å². The maximum absolute atomic E-state index is 12.1. The molecule has 0 unspecified atom stereocenters. The fourth-order valence-corrected chi connectivity index (χ4v) is 2.40. The fourth-order valence-electron chi connectivity index (χ4n) is 2.23. The maximum atomic E-state index is 12.1. The molecule has 0 aliphatic heterocycles. The van der Waals surface area contributed by atoms with Gasteiger partial charge in [0, 0.05) is 41.1 Å². The smallest absolute Gasteiger partial charge is 0.422 e. The molecule has 0 aliphatic rings. The molecule has 1 N–H and O–H groups in total. The molecule has 0 radical (unpaired) electrons. The van der Waals surface area contributed by atoms with Gasteiger partial charge in [0.15, 0.2) is 6.61 Å². The summed E-state index contributed by atoms with van der Waals surface area (Å²) >= 11 is 5.96. The van der Waals surface area contributed by atoms with E-state index in [0.29, 0.717) is 11.6 Å². The van der Waals surface area contributed by atoms with Gasteiger partial charge in [-0.2, -0.15) is 13.2 Å². The molecule has 0 bridgehead atoms. The molecule has 0 saturated carbocycles. The zero-order chi connectivity index (χ0) is 17.9. The molecule has 0 atom stereocenters. The number of nitrogens with zero attached hydrogens (tertiary/aromatic N) is 2. The quantitative estimate of drug-likeness (QED) is 0.701. The van der Waals surface area contributed by atoms with Crippen LogP contribution >= 0.6 is 11.6 Å². The van der Waals surface area contributed by atoms with Gasteiger partial charge in [-0.3, -0.25) is 4.98 Å². The monoisotopic (exact) mass is 367 g/mol. The maximum Gasteiger partial charge on any atom is 0.422 e. The van der Waals surface area contributed by atoms with E-state index in [1.165, 1.54) is 12.3 Å². The molecule has 3 rings (SSSR count). The summed E-state index contributed by atoms with van der Waals surface area (Å²) in [4.78, 5) is 8.14. The Morgan fingerprint density at radius 2 is 1.92 bits per heavy atom. The fraction of sp³-hybridized carbons (Fsp3) is 0.176. The molecule has 0 saturated heterocycles. The summed E-state index contributed by atoms with van der Waals surface area (Å²) in [6.45, 7) is -0.905. The lowest BCUT2D eigenvalue weighted by Gasteiger charge is -2.11. The Balaban J connectivity index is 1.66. The van der Waals surface area contributed by atoms with Crippen LogP contribution in [-0.2, 0) is 6.54 Å². The van der Waals surface area contributed by atoms with Gasteiger partial charge in [0.25, 0.3) is 0 Å². The average Bonchev–Trinajstić information content (AvgIpc) is 2.58. The highest BCUT2D eigenvalue weighted by molar-refractivity contribution is 6.31. The van der Waals surface area contributed by atoms with Gasteiger partial charge in [-0.25, -0.2) is 4.98 Å². The second kappa shape index (κ2) is 7.14. The summed E-state index contributed by atoms with van der Waals surface area (Å²) in [6, 6.07) is 10.3. The minimum atomic E-state index is -4.38. The third-order valence-electron chi connectivity index (χ3n) is 3.37. The molecule has 4 nitrogen and oxygen atoms in total. The number of alkyl halides is 3. The second-order valence-corrected chi connectivity index (χ2v) is 5.72. The first kappa shape index (κ1) is 17.3. The minimum Gasteiger partial charge on any atom is -0.468 e. The number of pyridine rings is 2. The molecular formula is C17H13ClF3N3O. The molecule has 0 amide bonds. The minimum absolute atomic E-state index is 0.0647. The number of nitrogens with one attached hydrogen (secondary N) is 1. The van der Waals surface area contributed by atoms with E-state index < -0.39 is 12.8 Å². The van der Waals surface area contributed by atoms with Crippen LogP contribution in [0.4, 0.5) is 18.9 Å². The Kier molecular flexibility index (Phi) is 4.94. The summed E-state index contributed by atoms with van der Waals surface area (Å²) in [6.07, 6.45) is -1.24. The number of aromatic nitrogens is 2. The van der Waals surface area contributed by atoms with E-state index in [1.54, 1.807) is 24.4 Å². The Bertz CT molecular complexity index is 869. The van der Waals surface area contributed by atoms with E-state index in [-0.39, 0.29) is 5.88 Å². The van der Waals surface area contributed by atoms with Gasteiger partial charge in [0.05, 0.1) is 5.52 Å². The molecule has 0 spiro atoms. The predicted octanol–water partition coefficient (Wildman–Crippen LogP) is 4.84. The van der Waals surface area contributed by atoms with E-state index in [1.807, 2.05) is 12.1 Å². The normalized spacial score (nSPS) is 11.5. The molecule has 2 heterocycles. The third kappa shape index (κ3) is 4.73. The molecule has 8 heteroatoms. The van der Waals surface area contributed by atoms with Crippen molar-refractivity contribution < 1.29 is 17.9 Å². The highest BCUT2D eigenvalue weighted by Gasteiger charge is 2.28. The molecule has 0 fully saturated rings. The number of anilines is 1. The van der Waals surface area contributed by atoms with Gasteiger partial charge < -0.3 is 10.1 Å². The summed E-state index contributed by atoms with van der Waals surface area (Å²) in [5, 5.41) is 4.78. The van der Waals surface area contributed by atoms with Gasteiger partial charge in [-0.1, -0.05) is 17.7 Å². The molecule has 1 aromatic carbocycles. The van der Waals surface area contributed by atoms with Crippen LogP contribution in [-0.4, -0.2) is 22.8 Å².